The molecular weight excluding hydrogens is 478 g/mol. The van der Waals surface area contributed by atoms with E-state index in [-0.39, 0.29) is 0 Å². The van der Waals surface area contributed by atoms with Crippen molar-refractivity contribution in [1.29, 1.82) is 0 Å². The number of hydrogen-bond donors (Lipinski definition) is 2. The first kappa shape index (κ1) is 21.3. The Balaban J connectivity index is 1.42. The summed E-state index contributed by atoms with van der Waals surface area (Å²) < 4.78 is 17.1. The van der Waals surface area contributed by atoms with E-state index in [4.69, 9.17) is 14.2 Å². The van der Waals surface area contributed by atoms with Crippen LogP contribution >= 0.6 is 15.9 Å². The van der Waals surface area contributed by atoms with Crippen LogP contribution in [0.4, 0.5) is 16.2 Å². The number of carbonyl (C=O) groups is 1. The van der Waals surface area contributed by atoms with Gasteiger partial charge in [0.1, 0.15) is 12.1 Å². The number of urea groups is 1. The van der Waals surface area contributed by atoms with Gasteiger partial charge >= 0.3 is 6.03 Å². The SMILES string of the molecule is COc1ccc(NC(=O)Nc2ccc(Oc3ncnc4ncc(Br)cc34)cc2)cc1OC. The van der Waals surface area contributed by atoms with Crippen LogP contribution in [0.1, 0.15) is 0 Å². The number of pyridine rings is 1. The van der Waals surface area contributed by atoms with Gasteiger partial charge in [-0.1, -0.05) is 0 Å². The zero-order valence-electron chi connectivity index (χ0n) is 17.1. The quantitative estimate of drug-likeness (QED) is 0.376. The number of benzene rings is 2. The molecule has 0 aliphatic carbocycles. The van der Waals surface area contributed by atoms with Crippen LogP contribution in [-0.2, 0) is 0 Å². The van der Waals surface area contributed by atoms with Gasteiger partial charge in [0, 0.05) is 28.1 Å². The molecule has 0 spiro atoms. The van der Waals surface area contributed by atoms with Crippen molar-refractivity contribution in [2.75, 3.05) is 24.9 Å². The topological polar surface area (TPSA) is 107 Å². The Morgan fingerprint density at radius 3 is 2.34 bits per heavy atom. The van der Waals surface area contributed by atoms with Gasteiger partial charge in [-0.15, -0.1) is 0 Å². The number of hydrogen-bond acceptors (Lipinski definition) is 7. The Hall–Kier alpha value is -3.92. The number of carbonyl (C=O) groups excluding carboxylic acids is 1. The van der Waals surface area contributed by atoms with Gasteiger partial charge in [0.25, 0.3) is 0 Å². The summed E-state index contributed by atoms with van der Waals surface area (Å²) in [7, 11) is 3.08. The largest absolute Gasteiger partial charge is 0.493 e. The van der Waals surface area contributed by atoms with Crippen molar-refractivity contribution in [3.05, 3.63) is 65.5 Å². The molecule has 4 aromatic rings. The molecule has 162 valence electrons. The van der Waals surface area contributed by atoms with Gasteiger partial charge in [-0.3, -0.25) is 0 Å². The van der Waals surface area contributed by atoms with Crippen molar-refractivity contribution in [1.82, 2.24) is 15.0 Å². The molecule has 10 heteroatoms. The van der Waals surface area contributed by atoms with E-state index in [0.717, 1.165) is 4.47 Å². The Bertz CT molecular complexity index is 1270. The lowest BCUT2D eigenvalue weighted by atomic mass is 10.2. The van der Waals surface area contributed by atoms with Crippen LogP contribution < -0.4 is 24.8 Å². The smallest absolute Gasteiger partial charge is 0.323 e. The van der Waals surface area contributed by atoms with Gasteiger partial charge in [0.15, 0.2) is 17.1 Å². The lowest BCUT2D eigenvalue weighted by Gasteiger charge is -2.12. The predicted octanol–water partition coefficient (Wildman–Crippen LogP) is 5.24. The summed E-state index contributed by atoms with van der Waals surface area (Å²) in [6.07, 6.45) is 3.06. The fourth-order valence-corrected chi connectivity index (χ4v) is 3.24. The van der Waals surface area contributed by atoms with Crippen molar-refractivity contribution >= 4 is 44.4 Å². The molecule has 4 rings (SSSR count). The maximum absolute atomic E-state index is 12.3. The fourth-order valence-electron chi connectivity index (χ4n) is 2.90. The summed E-state index contributed by atoms with van der Waals surface area (Å²) in [5.74, 6) is 2.03. The summed E-state index contributed by atoms with van der Waals surface area (Å²) in [5.41, 5.74) is 1.69. The molecule has 0 fully saturated rings. The second kappa shape index (κ2) is 9.48. The first-order valence-corrected chi connectivity index (χ1v) is 10.2. The van der Waals surface area contributed by atoms with E-state index in [9.17, 15) is 4.79 Å². The molecule has 0 saturated carbocycles. The van der Waals surface area contributed by atoms with Crippen LogP contribution in [0.25, 0.3) is 11.0 Å². The Kier molecular flexibility index (Phi) is 6.31. The monoisotopic (exact) mass is 495 g/mol. The first-order valence-electron chi connectivity index (χ1n) is 9.40. The number of anilines is 2. The molecule has 0 aliphatic rings. The Morgan fingerprint density at radius 1 is 0.875 bits per heavy atom. The van der Waals surface area contributed by atoms with Gasteiger partial charge in [-0.05, 0) is 58.4 Å². The van der Waals surface area contributed by atoms with Crippen molar-refractivity contribution in [2.24, 2.45) is 0 Å². The molecule has 9 nitrogen and oxygen atoms in total. The minimum absolute atomic E-state index is 0.385. The zero-order chi connectivity index (χ0) is 22.5. The summed E-state index contributed by atoms with van der Waals surface area (Å²) in [4.78, 5) is 24.9. The van der Waals surface area contributed by atoms with E-state index in [1.54, 1.807) is 55.8 Å². The van der Waals surface area contributed by atoms with E-state index < -0.39 is 6.03 Å². The van der Waals surface area contributed by atoms with Crippen LogP contribution in [0.3, 0.4) is 0 Å². The lowest BCUT2D eigenvalue weighted by molar-refractivity contribution is 0.262. The second-order valence-electron chi connectivity index (χ2n) is 6.48. The van der Waals surface area contributed by atoms with Crippen LogP contribution in [0.2, 0.25) is 0 Å². The van der Waals surface area contributed by atoms with E-state index in [2.05, 4.69) is 41.5 Å². The molecule has 0 unspecified atom stereocenters. The van der Waals surface area contributed by atoms with Crippen molar-refractivity contribution in [2.45, 2.75) is 0 Å². The number of fused-ring (bicyclic) bond motifs is 1. The van der Waals surface area contributed by atoms with E-state index in [1.165, 1.54) is 13.4 Å². The van der Waals surface area contributed by atoms with Crippen LogP contribution in [0, 0.1) is 0 Å². The summed E-state index contributed by atoms with van der Waals surface area (Å²) >= 11 is 3.39. The third kappa shape index (κ3) is 4.86. The maximum atomic E-state index is 12.3. The minimum Gasteiger partial charge on any atom is -0.493 e. The lowest BCUT2D eigenvalue weighted by Crippen LogP contribution is -2.19. The molecule has 2 aromatic heterocycles. The zero-order valence-corrected chi connectivity index (χ0v) is 18.7. The molecule has 2 amide bonds. The molecule has 0 radical (unpaired) electrons. The van der Waals surface area contributed by atoms with Gasteiger partial charge in [-0.25, -0.2) is 19.7 Å². The highest BCUT2D eigenvalue weighted by atomic mass is 79.9. The third-order valence-electron chi connectivity index (χ3n) is 4.39. The van der Waals surface area contributed by atoms with Crippen LogP contribution in [0.5, 0.6) is 23.1 Å². The molecule has 2 N–H and O–H groups in total. The molecule has 0 atom stereocenters. The van der Waals surface area contributed by atoms with Crippen molar-refractivity contribution in [3.8, 4) is 23.1 Å². The fraction of sp³-hybridized carbons (Fsp3) is 0.0909. The number of ether oxygens (including phenoxy) is 3. The number of methoxy groups -OCH3 is 2. The number of amides is 2. The molecule has 2 heterocycles. The highest BCUT2D eigenvalue weighted by Crippen LogP contribution is 2.30. The van der Waals surface area contributed by atoms with E-state index >= 15 is 0 Å². The average molecular weight is 496 g/mol. The molecule has 0 saturated heterocycles. The average Bonchev–Trinajstić information content (AvgIpc) is 2.80. The Labute approximate surface area is 191 Å². The number of nitrogens with one attached hydrogen (secondary N) is 2. The number of halogens is 1. The normalized spacial score (nSPS) is 10.5. The molecule has 2 aromatic carbocycles. The van der Waals surface area contributed by atoms with Crippen LogP contribution in [0.15, 0.2) is 65.5 Å². The number of rotatable bonds is 6. The third-order valence-corrected chi connectivity index (χ3v) is 4.82. The van der Waals surface area contributed by atoms with E-state index in [1.807, 2.05) is 6.07 Å². The summed E-state index contributed by atoms with van der Waals surface area (Å²) in [6, 6.07) is 13.4. The predicted molar refractivity (Wildman–Crippen MR) is 124 cm³/mol. The van der Waals surface area contributed by atoms with Crippen molar-refractivity contribution in [3.63, 3.8) is 0 Å². The summed E-state index contributed by atoms with van der Waals surface area (Å²) in [6.45, 7) is 0. The van der Waals surface area contributed by atoms with Crippen molar-refractivity contribution < 1.29 is 19.0 Å². The summed E-state index contributed by atoms with van der Waals surface area (Å²) in [5, 5.41) is 6.20. The molecule has 0 bridgehead atoms. The molecular formula is C22H18BrN5O4. The molecule has 32 heavy (non-hydrogen) atoms. The number of nitrogens with zero attached hydrogens (tertiary/aromatic N) is 3. The number of aromatic nitrogens is 3. The standard InChI is InChI=1S/C22H18BrN5O4/c1-30-18-8-5-15(10-19(18)31-2)28-22(29)27-14-3-6-16(7-4-14)32-21-17-9-13(23)11-24-20(17)25-12-26-21/h3-12H,1-2H3,(H2,27,28,29). The van der Waals surface area contributed by atoms with Gasteiger partial charge in [-0.2, -0.15) is 0 Å². The van der Waals surface area contributed by atoms with Gasteiger partial charge in [0.05, 0.1) is 19.6 Å². The van der Waals surface area contributed by atoms with E-state index in [0.29, 0.717) is 45.5 Å². The second-order valence-corrected chi connectivity index (χ2v) is 7.39. The Morgan fingerprint density at radius 2 is 1.59 bits per heavy atom. The first-order chi connectivity index (χ1) is 15.6. The highest BCUT2D eigenvalue weighted by molar-refractivity contribution is 9.10. The van der Waals surface area contributed by atoms with Gasteiger partial charge < -0.3 is 24.8 Å². The van der Waals surface area contributed by atoms with Crippen LogP contribution in [-0.4, -0.2) is 35.2 Å². The van der Waals surface area contributed by atoms with Gasteiger partial charge in [0.2, 0.25) is 5.88 Å². The maximum Gasteiger partial charge on any atom is 0.323 e. The highest BCUT2D eigenvalue weighted by Gasteiger charge is 2.10. The molecule has 0 aliphatic heterocycles. The minimum atomic E-state index is -0.399.